The van der Waals surface area contributed by atoms with Crippen molar-refractivity contribution in [2.24, 2.45) is 7.05 Å². The summed E-state index contributed by atoms with van der Waals surface area (Å²) in [5.41, 5.74) is 0.268. The molecule has 0 aliphatic rings. The highest BCUT2D eigenvalue weighted by atomic mass is 16.6. The van der Waals surface area contributed by atoms with E-state index in [0.29, 0.717) is 0 Å². The Labute approximate surface area is 106 Å². The fraction of sp³-hybridized carbons (Fsp3) is 0.583. The van der Waals surface area contributed by atoms with Crippen molar-refractivity contribution >= 4 is 11.9 Å². The topological polar surface area (TPSA) is 73.2 Å². The van der Waals surface area contributed by atoms with Gasteiger partial charge in [-0.05, 0) is 26.3 Å². The fourth-order valence-corrected chi connectivity index (χ4v) is 1.34. The van der Waals surface area contributed by atoms with Crippen molar-refractivity contribution in [3.05, 3.63) is 18.0 Å². The third-order valence-electron chi connectivity index (χ3n) is 1.99. The molecule has 18 heavy (non-hydrogen) atoms. The second-order valence-corrected chi connectivity index (χ2v) is 5.09. The van der Waals surface area contributed by atoms with E-state index in [-0.39, 0.29) is 18.7 Å². The maximum atomic E-state index is 11.6. The van der Waals surface area contributed by atoms with Crippen LogP contribution >= 0.6 is 0 Å². The zero-order valence-corrected chi connectivity index (χ0v) is 11.2. The molecule has 1 aromatic heterocycles. The normalized spacial score (nSPS) is 11.1. The highest BCUT2D eigenvalue weighted by molar-refractivity contribution is 5.85. The molecule has 100 valence electrons. The molecule has 6 nitrogen and oxygen atoms in total. The minimum atomic E-state index is -0.581. The van der Waals surface area contributed by atoms with Crippen molar-refractivity contribution in [2.45, 2.75) is 32.8 Å². The molecule has 1 N–H and O–H groups in total. The van der Waals surface area contributed by atoms with Gasteiger partial charge in [0.1, 0.15) is 5.60 Å². The summed E-state index contributed by atoms with van der Waals surface area (Å²) in [5, 5.41) is 6.39. The van der Waals surface area contributed by atoms with E-state index in [4.69, 9.17) is 4.74 Å². The molecule has 0 atom stereocenters. The molecule has 0 unspecified atom stereocenters. The van der Waals surface area contributed by atoms with Crippen LogP contribution in [0.25, 0.3) is 0 Å². The predicted octanol–water partition coefficient (Wildman–Crippen LogP) is 1.06. The number of nitrogens with one attached hydrogen (secondary N) is 1. The van der Waals surface area contributed by atoms with Gasteiger partial charge in [0.15, 0.2) is 5.78 Å². The second kappa shape index (κ2) is 5.66. The Morgan fingerprint density at radius 1 is 1.44 bits per heavy atom. The van der Waals surface area contributed by atoms with Crippen LogP contribution < -0.4 is 5.32 Å². The van der Waals surface area contributed by atoms with Crippen molar-refractivity contribution in [1.29, 1.82) is 0 Å². The fourth-order valence-electron chi connectivity index (χ4n) is 1.34. The molecule has 6 heteroatoms. The van der Waals surface area contributed by atoms with Gasteiger partial charge in [-0.3, -0.25) is 9.48 Å². The zero-order chi connectivity index (χ0) is 13.8. The van der Waals surface area contributed by atoms with Crippen LogP contribution in [-0.2, 0) is 23.0 Å². The van der Waals surface area contributed by atoms with Crippen LogP contribution in [0.1, 0.15) is 26.3 Å². The summed E-state index contributed by atoms with van der Waals surface area (Å²) in [5.74, 6) is -0.0890. The number of carbonyl (C=O) groups excluding carboxylic acids is 2. The minimum absolute atomic E-state index is 0.0379. The summed E-state index contributed by atoms with van der Waals surface area (Å²) in [7, 11) is 1.78. The van der Waals surface area contributed by atoms with E-state index >= 15 is 0 Å². The maximum absolute atomic E-state index is 11.6. The van der Waals surface area contributed by atoms with Crippen LogP contribution in [0.5, 0.6) is 0 Å². The average molecular weight is 253 g/mol. The van der Waals surface area contributed by atoms with Gasteiger partial charge in [-0.2, -0.15) is 5.10 Å². The van der Waals surface area contributed by atoms with E-state index in [1.54, 1.807) is 44.9 Å². The summed E-state index contributed by atoms with van der Waals surface area (Å²) in [6, 6.07) is 0. The quantitative estimate of drug-likeness (QED) is 0.870. The van der Waals surface area contributed by atoms with Gasteiger partial charge in [-0.25, -0.2) is 4.79 Å². The Hall–Kier alpha value is -1.85. The minimum Gasteiger partial charge on any atom is -0.444 e. The molecule has 0 fully saturated rings. The molecule has 0 saturated heterocycles. The van der Waals surface area contributed by atoms with Crippen LogP contribution in [0.2, 0.25) is 0 Å². The van der Waals surface area contributed by atoms with Crippen LogP contribution in [0, 0.1) is 0 Å². The van der Waals surface area contributed by atoms with E-state index in [1.165, 1.54) is 0 Å². The first-order valence-corrected chi connectivity index (χ1v) is 5.72. The molecule has 0 spiro atoms. The Balaban J connectivity index is 2.31. The van der Waals surface area contributed by atoms with Crippen LogP contribution in [-0.4, -0.2) is 33.8 Å². The van der Waals surface area contributed by atoms with Gasteiger partial charge < -0.3 is 10.1 Å². The van der Waals surface area contributed by atoms with Crippen molar-refractivity contribution in [3.8, 4) is 0 Å². The lowest BCUT2D eigenvalue weighted by atomic mass is 10.2. The Morgan fingerprint density at radius 3 is 2.61 bits per heavy atom. The van der Waals surface area contributed by atoms with Crippen molar-refractivity contribution in [1.82, 2.24) is 15.1 Å². The number of aryl methyl sites for hydroxylation is 1. The monoisotopic (exact) mass is 253 g/mol. The molecule has 0 aromatic carbocycles. The van der Waals surface area contributed by atoms with E-state index in [2.05, 4.69) is 10.4 Å². The number of aromatic nitrogens is 2. The summed E-state index contributed by atoms with van der Waals surface area (Å²) in [4.78, 5) is 22.9. The smallest absolute Gasteiger partial charge is 0.408 e. The van der Waals surface area contributed by atoms with Gasteiger partial charge in [-0.1, -0.05) is 0 Å². The number of rotatable bonds is 4. The molecule has 1 aromatic rings. The molecule has 1 rings (SSSR count). The molecule has 1 amide bonds. The molecule has 0 aliphatic carbocycles. The highest BCUT2D eigenvalue weighted by Gasteiger charge is 2.16. The number of ketones is 1. The maximum Gasteiger partial charge on any atom is 0.408 e. The number of ether oxygens (including phenoxy) is 1. The number of carbonyl (C=O) groups is 2. The van der Waals surface area contributed by atoms with Crippen molar-refractivity contribution in [3.63, 3.8) is 0 Å². The molecular formula is C12H19N3O3. The van der Waals surface area contributed by atoms with Gasteiger partial charge in [0.25, 0.3) is 0 Å². The Morgan fingerprint density at radius 2 is 2.11 bits per heavy atom. The van der Waals surface area contributed by atoms with E-state index in [1.807, 2.05) is 0 Å². The largest absolute Gasteiger partial charge is 0.444 e. The lowest BCUT2D eigenvalue weighted by Gasteiger charge is -2.19. The van der Waals surface area contributed by atoms with Crippen LogP contribution in [0.15, 0.2) is 12.4 Å². The highest BCUT2D eigenvalue weighted by Crippen LogP contribution is 2.06. The first kappa shape index (κ1) is 14.2. The number of alkyl carbamates (subject to hydrolysis) is 1. The van der Waals surface area contributed by atoms with Gasteiger partial charge in [0, 0.05) is 19.7 Å². The predicted molar refractivity (Wildman–Crippen MR) is 66.2 cm³/mol. The number of Topliss-reactive ketones (excluding diaryl/α,β-unsaturated/α-hetero) is 1. The van der Waals surface area contributed by atoms with E-state index < -0.39 is 11.7 Å². The first-order chi connectivity index (χ1) is 8.26. The molecule has 0 bridgehead atoms. The zero-order valence-electron chi connectivity index (χ0n) is 11.2. The second-order valence-electron chi connectivity index (χ2n) is 5.09. The first-order valence-electron chi connectivity index (χ1n) is 5.72. The molecule has 0 radical (unpaired) electrons. The lowest BCUT2D eigenvalue weighted by Crippen LogP contribution is -2.35. The van der Waals surface area contributed by atoms with Crippen molar-refractivity contribution in [2.75, 3.05) is 6.54 Å². The SMILES string of the molecule is Cn1cc(CC(=O)CNC(=O)OC(C)(C)C)cn1. The Bertz CT molecular complexity index is 432. The number of amides is 1. The van der Waals surface area contributed by atoms with Crippen LogP contribution in [0.4, 0.5) is 4.79 Å². The van der Waals surface area contributed by atoms with E-state index in [0.717, 1.165) is 5.56 Å². The van der Waals surface area contributed by atoms with Gasteiger partial charge >= 0.3 is 6.09 Å². The standard InChI is InChI=1S/C12H19N3O3/c1-12(2,3)18-11(17)13-7-10(16)5-9-6-14-15(4)8-9/h6,8H,5,7H2,1-4H3,(H,13,17). The summed E-state index contributed by atoms with van der Waals surface area (Å²) in [6.45, 7) is 5.27. The molecule has 0 aliphatic heterocycles. The number of hydrogen-bond donors (Lipinski definition) is 1. The molecule has 0 saturated carbocycles. The Kier molecular flexibility index (Phi) is 4.47. The van der Waals surface area contributed by atoms with E-state index in [9.17, 15) is 9.59 Å². The van der Waals surface area contributed by atoms with Crippen LogP contribution in [0.3, 0.4) is 0 Å². The van der Waals surface area contributed by atoms with Gasteiger partial charge in [-0.15, -0.1) is 0 Å². The lowest BCUT2D eigenvalue weighted by molar-refractivity contribution is -0.117. The average Bonchev–Trinajstić information content (AvgIpc) is 2.58. The number of hydrogen-bond acceptors (Lipinski definition) is 4. The molecular weight excluding hydrogens is 234 g/mol. The third-order valence-corrected chi connectivity index (χ3v) is 1.99. The summed E-state index contributed by atoms with van der Waals surface area (Å²) < 4.78 is 6.65. The molecule has 1 heterocycles. The third kappa shape index (κ3) is 5.47. The van der Waals surface area contributed by atoms with Crippen molar-refractivity contribution < 1.29 is 14.3 Å². The summed E-state index contributed by atoms with van der Waals surface area (Å²) >= 11 is 0. The van der Waals surface area contributed by atoms with Gasteiger partial charge in [0.05, 0.1) is 12.7 Å². The number of nitrogens with zero attached hydrogens (tertiary/aromatic N) is 2. The summed E-state index contributed by atoms with van der Waals surface area (Å²) in [6.07, 6.45) is 3.07. The van der Waals surface area contributed by atoms with Gasteiger partial charge in [0.2, 0.25) is 0 Å².